The van der Waals surface area contributed by atoms with Gasteiger partial charge in [-0.1, -0.05) is 29.8 Å². The molecule has 0 aliphatic heterocycles. The number of hydrogen-bond donors (Lipinski definition) is 2. The van der Waals surface area contributed by atoms with Crippen molar-refractivity contribution >= 4 is 5.96 Å². The Balaban J connectivity index is 2.26. The fourth-order valence-corrected chi connectivity index (χ4v) is 1.62. The van der Waals surface area contributed by atoms with E-state index in [-0.39, 0.29) is 6.54 Å². The Morgan fingerprint density at radius 3 is 2.25 bits per heavy atom. The summed E-state index contributed by atoms with van der Waals surface area (Å²) in [6.45, 7) is 2.47. The van der Waals surface area contributed by atoms with Crippen LogP contribution >= 0.6 is 0 Å². The third kappa shape index (κ3) is 7.01. The van der Waals surface area contributed by atoms with Gasteiger partial charge < -0.3 is 10.6 Å². The van der Waals surface area contributed by atoms with E-state index in [4.69, 9.17) is 0 Å². The Morgan fingerprint density at radius 1 is 1.10 bits per heavy atom. The second-order valence-corrected chi connectivity index (χ2v) is 4.53. The van der Waals surface area contributed by atoms with E-state index in [1.54, 1.807) is 0 Å². The van der Waals surface area contributed by atoms with Crippen molar-refractivity contribution in [2.24, 2.45) is 4.99 Å². The molecule has 0 saturated carbocycles. The molecule has 0 atom stereocenters. The zero-order chi connectivity index (χ0) is 15.0. The lowest BCUT2D eigenvalue weighted by Crippen LogP contribution is -2.39. The lowest BCUT2D eigenvalue weighted by atomic mass is 10.1. The minimum absolute atomic E-state index is 0.173. The highest BCUT2D eigenvalue weighted by molar-refractivity contribution is 5.79. The van der Waals surface area contributed by atoms with Crippen molar-refractivity contribution in [1.29, 1.82) is 0 Å². The maximum atomic E-state index is 12.0. The molecule has 1 aromatic carbocycles. The van der Waals surface area contributed by atoms with E-state index >= 15 is 0 Å². The Labute approximate surface area is 117 Å². The summed E-state index contributed by atoms with van der Waals surface area (Å²) in [5.74, 6) is 0.390. The highest BCUT2D eigenvalue weighted by atomic mass is 19.4. The first-order chi connectivity index (χ1) is 9.40. The van der Waals surface area contributed by atoms with Crippen LogP contribution in [0.5, 0.6) is 0 Å². The number of hydrogen-bond acceptors (Lipinski definition) is 1. The number of aryl methyl sites for hydroxylation is 1. The predicted molar refractivity (Wildman–Crippen MR) is 74.9 cm³/mol. The first-order valence-electron chi connectivity index (χ1n) is 6.47. The number of halogens is 3. The van der Waals surface area contributed by atoms with Gasteiger partial charge in [-0.15, -0.1) is 0 Å². The van der Waals surface area contributed by atoms with Gasteiger partial charge in [-0.2, -0.15) is 13.2 Å². The van der Waals surface area contributed by atoms with Crippen LogP contribution < -0.4 is 10.6 Å². The minimum atomic E-state index is -4.15. The standard InChI is InChI=1S/C14H20F3N3/c1-11-3-5-12(6-4-11)7-9-19-13(18-2)20-10-8-14(15,16)17/h3-6H,7-10H2,1-2H3,(H2,18,19,20). The second kappa shape index (κ2) is 7.77. The van der Waals surface area contributed by atoms with Crippen molar-refractivity contribution in [3.63, 3.8) is 0 Å². The van der Waals surface area contributed by atoms with Crippen LogP contribution in [0.3, 0.4) is 0 Å². The molecule has 0 aromatic heterocycles. The van der Waals surface area contributed by atoms with Gasteiger partial charge in [-0.05, 0) is 18.9 Å². The van der Waals surface area contributed by atoms with Crippen molar-refractivity contribution in [1.82, 2.24) is 10.6 Å². The summed E-state index contributed by atoms with van der Waals surface area (Å²) >= 11 is 0. The number of aliphatic imine (C=N–C) groups is 1. The van der Waals surface area contributed by atoms with Gasteiger partial charge in [0.2, 0.25) is 0 Å². The fraction of sp³-hybridized carbons (Fsp3) is 0.500. The van der Waals surface area contributed by atoms with Crippen LogP contribution in [0.4, 0.5) is 13.2 Å². The molecule has 0 aliphatic carbocycles. The third-order valence-corrected chi connectivity index (χ3v) is 2.75. The molecule has 3 nitrogen and oxygen atoms in total. The number of guanidine groups is 1. The number of benzene rings is 1. The average Bonchev–Trinajstić information content (AvgIpc) is 2.38. The molecule has 2 N–H and O–H groups in total. The van der Waals surface area contributed by atoms with E-state index in [0.29, 0.717) is 12.5 Å². The lowest BCUT2D eigenvalue weighted by molar-refractivity contribution is -0.132. The van der Waals surface area contributed by atoms with Gasteiger partial charge in [0.1, 0.15) is 0 Å². The topological polar surface area (TPSA) is 36.4 Å². The Hall–Kier alpha value is -1.72. The molecule has 0 heterocycles. The fourth-order valence-electron chi connectivity index (χ4n) is 1.62. The number of rotatable bonds is 5. The summed E-state index contributed by atoms with van der Waals surface area (Å²) < 4.78 is 36.0. The highest BCUT2D eigenvalue weighted by Crippen LogP contribution is 2.17. The summed E-state index contributed by atoms with van der Waals surface area (Å²) in [6.07, 6.45) is -4.22. The summed E-state index contributed by atoms with van der Waals surface area (Å²) in [6, 6.07) is 8.14. The number of alkyl halides is 3. The molecule has 0 fully saturated rings. The van der Waals surface area contributed by atoms with Crippen LogP contribution in [0, 0.1) is 6.92 Å². The lowest BCUT2D eigenvalue weighted by Gasteiger charge is -2.13. The second-order valence-electron chi connectivity index (χ2n) is 4.53. The van der Waals surface area contributed by atoms with E-state index in [0.717, 1.165) is 6.42 Å². The normalized spacial score (nSPS) is 12.3. The van der Waals surface area contributed by atoms with E-state index in [9.17, 15) is 13.2 Å². The quantitative estimate of drug-likeness (QED) is 0.645. The molecular formula is C14H20F3N3. The molecule has 1 rings (SSSR count). The summed E-state index contributed by atoms with van der Waals surface area (Å²) in [5, 5.41) is 5.63. The first-order valence-corrected chi connectivity index (χ1v) is 6.47. The van der Waals surface area contributed by atoms with E-state index in [1.165, 1.54) is 18.2 Å². The molecule has 1 aromatic rings. The van der Waals surface area contributed by atoms with E-state index < -0.39 is 12.6 Å². The zero-order valence-corrected chi connectivity index (χ0v) is 11.7. The maximum Gasteiger partial charge on any atom is 0.390 e. The number of nitrogens with zero attached hydrogens (tertiary/aromatic N) is 1. The van der Waals surface area contributed by atoms with Crippen molar-refractivity contribution in [2.45, 2.75) is 25.9 Å². The average molecular weight is 287 g/mol. The van der Waals surface area contributed by atoms with E-state index in [1.807, 2.05) is 31.2 Å². The van der Waals surface area contributed by atoms with Gasteiger partial charge in [-0.25, -0.2) is 0 Å². The molecule has 0 unspecified atom stereocenters. The zero-order valence-electron chi connectivity index (χ0n) is 11.7. The monoisotopic (exact) mass is 287 g/mol. The molecule has 0 spiro atoms. The Kier molecular flexibility index (Phi) is 6.35. The minimum Gasteiger partial charge on any atom is -0.356 e. The molecule has 6 heteroatoms. The molecule has 0 saturated heterocycles. The summed E-state index contributed by atoms with van der Waals surface area (Å²) in [5.41, 5.74) is 2.38. The van der Waals surface area contributed by atoms with Crippen LogP contribution in [0.15, 0.2) is 29.3 Å². The van der Waals surface area contributed by atoms with E-state index in [2.05, 4.69) is 15.6 Å². The Bertz CT molecular complexity index is 424. The van der Waals surface area contributed by atoms with Crippen molar-refractivity contribution < 1.29 is 13.2 Å². The van der Waals surface area contributed by atoms with Gasteiger partial charge in [0.25, 0.3) is 0 Å². The summed E-state index contributed by atoms with van der Waals surface area (Å²) in [4.78, 5) is 3.88. The maximum absolute atomic E-state index is 12.0. The van der Waals surface area contributed by atoms with Crippen molar-refractivity contribution in [2.75, 3.05) is 20.1 Å². The van der Waals surface area contributed by atoms with Crippen LogP contribution in [0.2, 0.25) is 0 Å². The molecule has 112 valence electrons. The predicted octanol–water partition coefficient (Wildman–Crippen LogP) is 2.65. The molecule has 0 radical (unpaired) electrons. The Morgan fingerprint density at radius 2 is 1.70 bits per heavy atom. The molecule has 0 bridgehead atoms. The SMILES string of the molecule is CN=C(NCCc1ccc(C)cc1)NCCC(F)(F)F. The van der Waals surface area contributed by atoms with Gasteiger partial charge in [0, 0.05) is 20.1 Å². The van der Waals surface area contributed by atoms with Gasteiger partial charge in [0.05, 0.1) is 6.42 Å². The van der Waals surface area contributed by atoms with Crippen LogP contribution in [0.25, 0.3) is 0 Å². The summed E-state index contributed by atoms with van der Waals surface area (Å²) in [7, 11) is 1.54. The smallest absolute Gasteiger partial charge is 0.356 e. The van der Waals surface area contributed by atoms with Gasteiger partial charge in [-0.3, -0.25) is 4.99 Å². The van der Waals surface area contributed by atoms with Crippen LogP contribution in [0.1, 0.15) is 17.5 Å². The molecule has 0 amide bonds. The van der Waals surface area contributed by atoms with Crippen LogP contribution in [-0.4, -0.2) is 32.3 Å². The molecule has 0 aliphatic rings. The molecule has 20 heavy (non-hydrogen) atoms. The third-order valence-electron chi connectivity index (χ3n) is 2.75. The van der Waals surface area contributed by atoms with Gasteiger partial charge in [0.15, 0.2) is 5.96 Å². The van der Waals surface area contributed by atoms with Crippen molar-refractivity contribution in [3.05, 3.63) is 35.4 Å². The molecular weight excluding hydrogens is 267 g/mol. The van der Waals surface area contributed by atoms with Crippen LogP contribution in [-0.2, 0) is 6.42 Å². The van der Waals surface area contributed by atoms with Gasteiger partial charge >= 0.3 is 6.18 Å². The van der Waals surface area contributed by atoms with Crippen molar-refractivity contribution in [3.8, 4) is 0 Å². The first kappa shape index (κ1) is 16.3. The largest absolute Gasteiger partial charge is 0.390 e. The highest BCUT2D eigenvalue weighted by Gasteiger charge is 2.26. The number of nitrogens with one attached hydrogen (secondary N) is 2.